The van der Waals surface area contributed by atoms with Gasteiger partial charge in [0.15, 0.2) is 0 Å². The van der Waals surface area contributed by atoms with Crippen LogP contribution in [0.4, 0.5) is 0 Å². The Morgan fingerprint density at radius 3 is 2.76 bits per heavy atom. The van der Waals surface area contributed by atoms with Gasteiger partial charge in [0.1, 0.15) is 0 Å². The second-order valence-electron chi connectivity index (χ2n) is 7.44. The molecule has 1 unspecified atom stereocenters. The highest BCUT2D eigenvalue weighted by atomic mass is 16.2. The largest absolute Gasteiger partial charge is 0.341 e. The van der Waals surface area contributed by atoms with E-state index in [0.717, 1.165) is 44.6 Å². The topological polar surface area (TPSA) is 23.6 Å². The molecule has 2 aromatic rings. The lowest BCUT2D eigenvalue weighted by Gasteiger charge is -2.33. The molecule has 1 atom stereocenters. The molecule has 25 heavy (non-hydrogen) atoms. The summed E-state index contributed by atoms with van der Waals surface area (Å²) in [5, 5.41) is 0. The fraction of sp³-hybridized carbons (Fsp3) is 0.409. The average molecular weight is 334 g/mol. The Labute approximate surface area is 150 Å². The van der Waals surface area contributed by atoms with Crippen molar-refractivity contribution in [3.8, 4) is 0 Å². The minimum absolute atomic E-state index is 0.269. The molecular formula is C22H26N2O. The van der Waals surface area contributed by atoms with Crippen molar-refractivity contribution in [3.63, 3.8) is 0 Å². The quantitative estimate of drug-likeness (QED) is 0.861. The number of benzene rings is 2. The molecule has 0 saturated carbocycles. The van der Waals surface area contributed by atoms with E-state index in [1.165, 1.54) is 16.7 Å². The second-order valence-corrected chi connectivity index (χ2v) is 7.44. The van der Waals surface area contributed by atoms with Crippen LogP contribution >= 0.6 is 0 Å². The Balaban J connectivity index is 1.36. The summed E-state index contributed by atoms with van der Waals surface area (Å²) in [5.74, 6) is 0.269. The number of carbonyl (C=O) groups excluding carboxylic acids is 1. The molecule has 3 nitrogen and oxygen atoms in total. The molecular weight excluding hydrogens is 308 g/mol. The Morgan fingerprint density at radius 2 is 1.92 bits per heavy atom. The van der Waals surface area contributed by atoms with Crippen LogP contribution in [0.3, 0.4) is 0 Å². The number of carbonyl (C=O) groups is 1. The summed E-state index contributed by atoms with van der Waals surface area (Å²) in [6.45, 7) is 6.00. The van der Waals surface area contributed by atoms with E-state index in [1.807, 2.05) is 6.07 Å². The summed E-state index contributed by atoms with van der Waals surface area (Å²) in [7, 11) is 0. The van der Waals surface area contributed by atoms with E-state index in [0.29, 0.717) is 12.5 Å². The smallest absolute Gasteiger partial charge is 0.227 e. The molecule has 0 aromatic heterocycles. The molecule has 0 aliphatic carbocycles. The Hall–Kier alpha value is -2.13. The maximum atomic E-state index is 12.7. The highest BCUT2D eigenvalue weighted by Crippen LogP contribution is 2.24. The maximum absolute atomic E-state index is 12.7. The molecule has 0 radical (unpaired) electrons. The summed E-state index contributed by atoms with van der Waals surface area (Å²) in [6, 6.07) is 17.6. The van der Waals surface area contributed by atoms with E-state index in [1.54, 1.807) is 0 Å². The number of fused-ring (bicyclic) bond motifs is 1. The predicted octanol–water partition coefficient (Wildman–Crippen LogP) is 3.20. The molecule has 2 aliphatic rings. The van der Waals surface area contributed by atoms with Gasteiger partial charge in [0.2, 0.25) is 5.91 Å². The molecule has 3 heteroatoms. The first-order valence-electron chi connectivity index (χ1n) is 9.33. The standard InChI is InChI=1S/C22H26N2O/c1-17-5-4-6-18(13-17)14-22(25)24-12-10-21(16-24)23-11-9-19-7-2-3-8-20(19)15-23/h2-8,13,21H,9-12,14-16H2,1H3. The Kier molecular flexibility index (Phi) is 4.58. The lowest BCUT2D eigenvalue weighted by atomic mass is 9.98. The van der Waals surface area contributed by atoms with Gasteiger partial charge in [-0.05, 0) is 36.5 Å². The van der Waals surface area contributed by atoms with E-state index in [-0.39, 0.29) is 5.91 Å². The van der Waals surface area contributed by atoms with Crippen molar-refractivity contribution in [1.82, 2.24) is 9.80 Å². The number of hydrogen-bond acceptors (Lipinski definition) is 2. The third-order valence-corrected chi connectivity index (χ3v) is 5.63. The number of aryl methyl sites for hydroxylation is 1. The average Bonchev–Trinajstić information content (AvgIpc) is 3.12. The van der Waals surface area contributed by atoms with Crippen molar-refractivity contribution in [2.75, 3.05) is 19.6 Å². The molecule has 2 heterocycles. The summed E-state index contributed by atoms with van der Waals surface area (Å²) in [4.78, 5) is 17.3. The van der Waals surface area contributed by atoms with Crippen LogP contribution in [0.15, 0.2) is 48.5 Å². The van der Waals surface area contributed by atoms with E-state index in [4.69, 9.17) is 0 Å². The van der Waals surface area contributed by atoms with Crippen LogP contribution < -0.4 is 0 Å². The van der Waals surface area contributed by atoms with E-state index in [9.17, 15) is 4.79 Å². The van der Waals surface area contributed by atoms with Crippen LogP contribution in [0.2, 0.25) is 0 Å². The van der Waals surface area contributed by atoms with Crippen LogP contribution in [0, 0.1) is 6.92 Å². The monoisotopic (exact) mass is 334 g/mol. The lowest BCUT2D eigenvalue weighted by molar-refractivity contribution is -0.129. The molecule has 4 rings (SSSR count). The van der Waals surface area contributed by atoms with Crippen molar-refractivity contribution in [2.45, 2.75) is 38.8 Å². The molecule has 0 spiro atoms. The molecule has 0 bridgehead atoms. The summed E-state index contributed by atoms with van der Waals surface area (Å²) >= 11 is 0. The zero-order valence-corrected chi connectivity index (χ0v) is 14.9. The number of hydrogen-bond donors (Lipinski definition) is 0. The highest BCUT2D eigenvalue weighted by Gasteiger charge is 2.31. The van der Waals surface area contributed by atoms with Crippen LogP contribution in [0.5, 0.6) is 0 Å². The van der Waals surface area contributed by atoms with Gasteiger partial charge in [-0.15, -0.1) is 0 Å². The SMILES string of the molecule is Cc1cccc(CC(=O)N2CCC(N3CCc4ccccc4C3)C2)c1. The molecule has 2 aromatic carbocycles. The van der Waals surface area contributed by atoms with Gasteiger partial charge >= 0.3 is 0 Å². The van der Waals surface area contributed by atoms with Crippen molar-refractivity contribution >= 4 is 5.91 Å². The van der Waals surface area contributed by atoms with Gasteiger partial charge in [-0.1, -0.05) is 54.1 Å². The van der Waals surface area contributed by atoms with Gasteiger partial charge in [-0.3, -0.25) is 9.69 Å². The van der Waals surface area contributed by atoms with Gasteiger partial charge in [-0.2, -0.15) is 0 Å². The molecule has 1 fully saturated rings. The van der Waals surface area contributed by atoms with Gasteiger partial charge in [0, 0.05) is 32.2 Å². The van der Waals surface area contributed by atoms with Crippen molar-refractivity contribution in [3.05, 3.63) is 70.8 Å². The molecule has 0 N–H and O–H groups in total. The zero-order chi connectivity index (χ0) is 17.2. The first kappa shape index (κ1) is 16.3. The third-order valence-electron chi connectivity index (χ3n) is 5.63. The molecule has 130 valence electrons. The number of nitrogens with zero attached hydrogens (tertiary/aromatic N) is 2. The minimum atomic E-state index is 0.269. The highest BCUT2D eigenvalue weighted by molar-refractivity contribution is 5.79. The fourth-order valence-electron chi connectivity index (χ4n) is 4.20. The van der Waals surface area contributed by atoms with E-state index < -0.39 is 0 Å². The molecule has 1 amide bonds. The zero-order valence-electron chi connectivity index (χ0n) is 14.9. The summed E-state index contributed by atoms with van der Waals surface area (Å²) in [6.07, 6.45) is 2.75. The lowest BCUT2D eigenvalue weighted by Crippen LogP contribution is -2.41. The first-order chi connectivity index (χ1) is 12.2. The van der Waals surface area contributed by atoms with Gasteiger partial charge in [-0.25, -0.2) is 0 Å². The van der Waals surface area contributed by atoms with Crippen molar-refractivity contribution < 1.29 is 4.79 Å². The van der Waals surface area contributed by atoms with Gasteiger partial charge in [0.25, 0.3) is 0 Å². The summed E-state index contributed by atoms with van der Waals surface area (Å²) < 4.78 is 0. The number of amides is 1. The Bertz CT molecular complexity index is 770. The van der Waals surface area contributed by atoms with Crippen LogP contribution in [0.1, 0.15) is 28.7 Å². The van der Waals surface area contributed by atoms with E-state index in [2.05, 4.69) is 59.2 Å². The van der Waals surface area contributed by atoms with Crippen LogP contribution in [-0.2, 0) is 24.2 Å². The van der Waals surface area contributed by atoms with Gasteiger partial charge < -0.3 is 4.90 Å². The number of rotatable bonds is 3. The molecule has 1 saturated heterocycles. The van der Waals surface area contributed by atoms with Crippen LogP contribution in [0.25, 0.3) is 0 Å². The van der Waals surface area contributed by atoms with Gasteiger partial charge in [0.05, 0.1) is 6.42 Å². The predicted molar refractivity (Wildman–Crippen MR) is 100 cm³/mol. The van der Waals surface area contributed by atoms with Crippen LogP contribution in [-0.4, -0.2) is 41.4 Å². The first-order valence-corrected chi connectivity index (χ1v) is 9.33. The third kappa shape index (κ3) is 3.62. The maximum Gasteiger partial charge on any atom is 0.227 e. The van der Waals surface area contributed by atoms with Crippen molar-refractivity contribution in [2.24, 2.45) is 0 Å². The molecule has 2 aliphatic heterocycles. The summed E-state index contributed by atoms with van der Waals surface area (Å²) in [5.41, 5.74) is 5.29. The minimum Gasteiger partial charge on any atom is -0.341 e. The number of likely N-dealkylation sites (tertiary alicyclic amines) is 1. The normalized spacial score (nSPS) is 20.5. The van der Waals surface area contributed by atoms with Crippen molar-refractivity contribution in [1.29, 1.82) is 0 Å². The van der Waals surface area contributed by atoms with E-state index >= 15 is 0 Å². The fourth-order valence-corrected chi connectivity index (χ4v) is 4.20. The Morgan fingerprint density at radius 1 is 1.08 bits per heavy atom. The second kappa shape index (κ2) is 7.01.